The van der Waals surface area contributed by atoms with Crippen LogP contribution in [0.4, 0.5) is 4.39 Å². The molecule has 0 heterocycles. The summed E-state index contributed by atoms with van der Waals surface area (Å²) >= 11 is 6.01. The van der Waals surface area contributed by atoms with Crippen molar-refractivity contribution in [2.24, 2.45) is 0 Å². The average molecular weight is 366 g/mol. The molecule has 0 aliphatic rings. The molecule has 2 aromatic rings. The van der Waals surface area contributed by atoms with Gasteiger partial charge in [0.05, 0.1) is 14.2 Å². The van der Waals surface area contributed by atoms with E-state index < -0.39 is 5.82 Å². The number of hydrogen-bond acceptors (Lipinski definition) is 3. The number of aryl methyl sites for hydroxylation is 1. The van der Waals surface area contributed by atoms with Gasteiger partial charge in [-0.2, -0.15) is 0 Å². The van der Waals surface area contributed by atoms with Gasteiger partial charge in [0, 0.05) is 30.6 Å². The highest BCUT2D eigenvalue weighted by molar-refractivity contribution is 6.30. The van der Waals surface area contributed by atoms with E-state index in [1.54, 1.807) is 49.4 Å². The van der Waals surface area contributed by atoms with Crippen LogP contribution in [-0.2, 0) is 17.8 Å². The van der Waals surface area contributed by atoms with Gasteiger partial charge in [0.2, 0.25) is 5.91 Å². The standard InChI is InChI=1S/C19H21ClFNO3/c1-22(12-14-11-15(20)6-8-17(14)24-2)19(23)9-5-13-4-7-18(25-3)16(21)10-13/h4,6-8,10-11H,5,9,12H2,1-3H3. The Morgan fingerprint density at radius 2 is 1.80 bits per heavy atom. The topological polar surface area (TPSA) is 38.8 Å². The Kier molecular flexibility index (Phi) is 6.65. The van der Waals surface area contributed by atoms with Crippen molar-refractivity contribution in [3.8, 4) is 11.5 Å². The molecule has 0 fully saturated rings. The Morgan fingerprint density at radius 3 is 2.44 bits per heavy atom. The number of carbonyl (C=O) groups excluding carboxylic acids is 1. The highest BCUT2D eigenvalue weighted by Gasteiger charge is 2.13. The van der Waals surface area contributed by atoms with Crippen LogP contribution in [0.25, 0.3) is 0 Å². The number of carbonyl (C=O) groups is 1. The van der Waals surface area contributed by atoms with E-state index in [-0.39, 0.29) is 18.1 Å². The molecule has 2 aromatic carbocycles. The van der Waals surface area contributed by atoms with Crippen molar-refractivity contribution >= 4 is 17.5 Å². The summed E-state index contributed by atoms with van der Waals surface area (Å²) in [4.78, 5) is 14.0. The number of amides is 1. The van der Waals surface area contributed by atoms with Gasteiger partial charge in [0.15, 0.2) is 11.6 Å². The van der Waals surface area contributed by atoms with Gasteiger partial charge < -0.3 is 14.4 Å². The van der Waals surface area contributed by atoms with Crippen molar-refractivity contribution in [3.63, 3.8) is 0 Å². The van der Waals surface area contributed by atoms with Crippen LogP contribution in [0.5, 0.6) is 11.5 Å². The molecule has 0 aliphatic carbocycles. The molecule has 0 unspecified atom stereocenters. The van der Waals surface area contributed by atoms with E-state index in [2.05, 4.69) is 0 Å². The first-order valence-corrected chi connectivity index (χ1v) is 8.21. The number of hydrogen-bond donors (Lipinski definition) is 0. The zero-order chi connectivity index (χ0) is 18.4. The normalized spacial score (nSPS) is 10.4. The van der Waals surface area contributed by atoms with Crippen LogP contribution < -0.4 is 9.47 Å². The second-order valence-electron chi connectivity index (χ2n) is 5.67. The summed E-state index contributed by atoms with van der Waals surface area (Å²) < 4.78 is 23.9. The van der Waals surface area contributed by atoms with Gasteiger partial charge in [-0.1, -0.05) is 17.7 Å². The number of rotatable bonds is 7. The minimum Gasteiger partial charge on any atom is -0.496 e. The maximum absolute atomic E-state index is 13.7. The number of nitrogens with zero attached hydrogens (tertiary/aromatic N) is 1. The number of methoxy groups -OCH3 is 2. The van der Waals surface area contributed by atoms with Gasteiger partial charge in [0.25, 0.3) is 0 Å². The summed E-state index contributed by atoms with van der Waals surface area (Å²) in [7, 11) is 4.71. The zero-order valence-corrected chi connectivity index (χ0v) is 15.3. The molecule has 0 aliphatic heterocycles. The van der Waals surface area contributed by atoms with Crippen LogP contribution in [0.1, 0.15) is 17.5 Å². The predicted molar refractivity (Wildman–Crippen MR) is 95.8 cm³/mol. The molecule has 0 N–H and O–H groups in total. The lowest BCUT2D eigenvalue weighted by Crippen LogP contribution is -2.26. The molecule has 1 amide bonds. The van der Waals surface area contributed by atoms with Crippen molar-refractivity contribution in [1.82, 2.24) is 4.90 Å². The predicted octanol–water partition coefficient (Wildman–Crippen LogP) is 4.09. The van der Waals surface area contributed by atoms with Crippen LogP contribution in [0.3, 0.4) is 0 Å². The summed E-state index contributed by atoms with van der Waals surface area (Å²) in [5, 5.41) is 0.588. The largest absolute Gasteiger partial charge is 0.496 e. The molecule has 134 valence electrons. The van der Waals surface area contributed by atoms with E-state index in [1.165, 1.54) is 13.2 Å². The Labute approximate surface area is 152 Å². The van der Waals surface area contributed by atoms with E-state index in [0.29, 0.717) is 23.7 Å². The minimum absolute atomic E-state index is 0.0433. The van der Waals surface area contributed by atoms with E-state index in [0.717, 1.165) is 11.1 Å². The molecule has 6 heteroatoms. The van der Waals surface area contributed by atoms with E-state index in [4.69, 9.17) is 21.1 Å². The Bertz CT molecular complexity index is 751. The molecule has 0 saturated carbocycles. The first kappa shape index (κ1) is 19.1. The highest BCUT2D eigenvalue weighted by atomic mass is 35.5. The molecule has 2 rings (SSSR count). The fourth-order valence-corrected chi connectivity index (χ4v) is 2.72. The van der Waals surface area contributed by atoms with Crippen LogP contribution in [0.15, 0.2) is 36.4 Å². The Balaban J connectivity index is 1.96. The number of ether oxygens (including phenoxy) is 2. The van der Waals surface area contributed by atoms with Crippen molar-refractivity contribution in [3.05, 3.63) is 58.4 Å². The smallest absolute Gasteiger partial charge is 0.222 e. The van der Waals surface area contributed by atoms with E-state index in [9.17, 15) is 9.18 Å². The molecular formula is C19H21ClFNO3. The second kappa shape index (κ2) is 8.72. The maximum Gasteiger partial charge on any atom is 0.222 e. The first-order valence-electron chi connectivity index (χ1n) is 7.83. The van der Waals surface area contributed by atoms with Crippen LogP contribution >= 0.6 is 11.6 Å². The van der Waals surface area contributed by atoms with Crippen LogP contribution in [-0.4, -0.2) is 32.1 Å². The third kappa shape index (κ3) is 5.10. The van der Waals surface area contributed by atoms with Gasteiger partial charge in [-0.15, -0.1) is 0 Å². The summed E-state index contributed by atoms with van der Waals surface area (Å²) in [5.41, 5.74) is 1.58. The lowest BCUT2D eigenvalue weighted by molar-refractivity contribution is -0.130. The summed E-state index contributed by atoms with van der Waals surface area (Å²) in [5.74, 6) is 0.407. The highest BCUT2D eigenvalue weighted by Crippen LogP contribution is 2.24. The number of halogens is 2. The Hall–Kier alpha value is -2.27. The van der Waals surface area contributed by atoms with Gasteiger partial charge in [-0.05, 0) is 42.3 Å². The second-order valence-corrected chi connectivity index (χ2v) is 6.11. The van der Waals surface area contributed by atoms with Crippen molar-refractivity contribution in [2.45, 2.75) is 19.4 Å². The van der Waals surface area contributed by atoms with E-state index >= 15 is 0 Å². The zero-order valence-electron chi connectivity index (χ0n) is 14.5. The average Bonchev–Trinajstić information content (AvgIpc) is 2.60. The molecule has 0 aromatic heterocycles. The molecule has 0 atom stereocenters. The lowest BCUT2D eigenvalue weighted by Gasteiger charge is -2.19. The van der Waals surface area contributed by atoms with Gasteiger partial charge in [0.1, 0.15) is 5.75 Å². The SMILES string of the molecule is COc1ccc(CCC(=O)N(C)Cc2cc(Cl)ccc2OC)cc1F. The summed E-state index contributed by atoms with van der Waals surface area (Å²) in [6.45, 7) is 0.388. The van der Waals surface area contributed by atoms with E-state index in [1.807, 2.05) is 0 Å². The van der Waals surface area contributed by atoms with Crippen LogP contribution in [0.2, 0.25) is 5.02 Å². The Morgan fingerprint density at radius 1 is 1.12 bits per heavy atom. The molecule has 0 spiro atoms. The third-order valence-electron chi connectivity index (χ3n) is 3.92. The first-order chi connectivity index (χ1) is 11.9. The maximum atomic E-state index is 13.7. The van der Waals surface area contributed by atoms with Crippen molar-refractivity contribution in [2.75, 3.05) is 21.3 Å². The van der Waals surface area contributed by atoms with Crippen molar-refractivity contribution < 1.29 is 18.7 Å². The van der Waals surface area contributed by atoms with Crippen molar-refractivity contribution in [1.29, 1.82) is 0 Å². The lowest BCUT2D eigenvalue weighted by atomic mass is 10.1. The quantitative estimate of drug-likeness (QED) is 0.741. The molecule has 0 bridgehead atoms. The fourth-order valence-electron chi connectivity index (χ4n) is 2.52. The summed E-state index contributed by atoms with van der Waals surface area (Å²) in [6, 6.07) is 10.0. The molecular weight excluding hydrogens is 345 g/mol. The summed E-state index contributed by atoms with van der Waals surface area (Å²) in [6.07, 6.45) is 0.738. The third-order valence-corrected chi connectivity index (χ3v) is 4.15. The van der Waals surface area contributed by atoms with Gasteiger partial charge in [-0.25, -0.2) is 4.39 Å². The van der Waals surface area contributed by atoms with Crippen LogP contribution in [0, 0.1) is 5.82 Å². The number of benzene rings is 2. The monoisotopic (exact) mass is 365 g/mol. The molecule has 4 nitrogen and oxygen atoms in total. The minimum atomic E-state index is -0.426. The van der Waals surface area contributed by atoms with Gasteiger partial charge in [-0.3, -0.25) is 4.79 Å². The molecule has 25 heavy (non-hydrogen) atoms. The fraction of sp³-hybridized carbons (Fsp3) is 0.316. The van der Waals surface area contributed by atoms with Gasteiger partial charge >= 0.3 is 0 Å². The molecule has 0 saturated heterocycles. The molecule has 0 radical (unpaired) electrons.